The molecular formula is C16H24N2O. The van der Waals surface area contributed by atoms with Gasteiger partial charge in [-0.2, -0.15) is 0 Å². The molecule has 0 aliphatic heterocycles. The molecule has 104 valence electrons. The van der Waals surface area contributed by atoms with E-state index in [1.165, 1.54) is 5.56 Å². The summed E-state index contributed by atoms with van der Waals surface area (Å²) in [7, 11) is 0. The maximum absolute atomic E-state index is 12.2. The van der Waals surface area contributed by atoms with Crippen LogP contribution in [0.4, 0.5) is 5.69 Å². The number of rotatable bonds is 3. The zero-order valence-corrected chi connectivity index (χ0v) is 12.3. The van der Waals surface area contributed by atoms with Crippen LogP contribution in [0, 0.1) is 5.92 Å². The monoisotopic (exact) mass is 260 g/mol. The van der Waals surface area contributed by atoms with Crippen molar-refractivity contribution in [1.82, 2.24) is 0 Å². The summed E-state index contributed by atoms with van der Waals surface area (Å²) in [5.74, 6) is 0.250. The van der Waals surface area contributed by atoms with Crippen molar-refractivity contribution < 1.29 is 4.79 Å². The lowest BCUT2D eigenvalue weighted by Gasteiger charge is -2.24. The van der Waals surface area contributed by atoms with Gasteiger partial charge in [0.05, 0.1) is 5.54 Å². The number of carbonyl (C=O) groups excluding carboxylic acids is 1. The molecule has 2 rings (SSSR count). The number of hydrogen-bond acceptors (Lipinski definition) is 2. The van der Waals surface area contributed by atoms with Crippen molar-refractivity contribution in [1.29, 1.82) is 0 Å². The Labute approximate surface area is 115 Å². The van der Waals surface area contributed by atoms with E-state index in [9.17, 15) is 4.79 Å². The van der Waals surface area contributed by atoms with Gasteiger partial charge in [-0.1, -0.05) is 32.9 Å². The zero-order chi connectivity index (χ0) is 14.3. The van der Waals surface area contributed by atoms with E-state index in [1.54, 1.807) is 0 Å². The van der Waals surface area contributed by atoms with Crippen LogP contribution in [0.3, 0.4) is 0 Å². The lowest BCUT2D eigenvalue weighted by molar-refractivity contribution is -0.121. The maximum Gasteiger partial charge on any atom is 0.244 e. The molecule has 1 aromatic carbocycles. The van der Waals surface area contributed by atoms with Gasteiger partial charge in [0.2, 0.25) is 5.91 Å². The van der Waals surface area contributed by atoms with Gasteiger partial charge in [-0.25, -0.2) is 0 Å². The Morgan fingerprint density at radius 2 is 1.68 bits per heavy atom. The molecule has 1 amide bonds. The normalized spacial score (nSPS) is 18.8. The number of amides is 1. The highest BCUT2D eigenvalue weighted by Crippen LogP contribution is 2.38. The van der Waals surface area contributed by atoms with E-state index in [4.69, 9.17) is 5.73 Å². The average Bonchev–Trinajstić information content (AvgIpc) is 3.12. The lowest BCUT2D eigenvalue weighted by Crippen LogP contribution is -2.50. The van der Waals surface area contributed by atoms with E-state index < -0.39 is 5.54 Å². The largest absolute Gasteiger partial charge is 0.324 e. The third kappa shape index (κ3) is 3.16. The van der Waals surface area contributed by atoms with Crippen molar-refractivity contribution in [2.24, 2.45) is 11.7 Å². The summed E-state index contributed by atoms with van der Waals surface area (Å²) in [5.41, 5.74) is 7.55. The summed E-state index contributed by atoms with van der Waals surface area (Å²) in [6.45, 7) is 8.34. The van der Waals surface area contributed by atoms with E-state index in [-0.39, 0.29) is 11.3 Å². The van der Waals surface area contributed by atoms with E-state index in [1.807, 2.05) is 19.1 Å². The van der Waals surface area contributed by atoms with Gasteiger partial charge in [0, 0.05) is 5.69 Å². The molecule has 3 nitrogen and oxygen atoms in total. The molecule has 0 saturated heterocycles. The molecule has 0 bridgehead atoms. The van der Waals surface area contributed by atoms with Gasteiger partial charge >= 0.3 is 0 Å². The third-order valence-electron chi connectivity index (χ3n) is 3.92. The van der Waals surface area contributed by atoms with Crippen LogP contribution in [-0.4, -0.2) is 11.4 Å². The zero-order valence-electron chi connectivity index (χ0n) is 12.3. The summed E-state index contributed by atoms with van der Waals surface area (Å²) in [5, 5.41) is 2.92. The van der Waals surface area contributed by atoms with Crippen LogP contribution in [0.1, 0.15) is 46.1 Å². The van der Waals surface area contributed by atoms with Crippen molar-refractivity contribution in [2.45, 2.75) is 51.5 Å². The van der Waals surface area contributed by atoms with Gasteiger partial charge in [0.1, 0.15) is 0 Å². The lowest BCUT2D eigenvalue weighted by atomic mass is 9.87. The van der Waals surface area contributed by atoms with Gasteiger partial charge in [0.15, 0.2) is 0 Å². The topological polar surface area (TPSA) is 55.1 Å². The average molecular weight is 260 g/mol. The van der Waals surface area contributed by atoms with E-state index >= 15 is 0 Å². The first-order chi connectivity index (χ1) is 8.71. The fourth-order valence-electron chi connectivity index (χ4n) is 2.19. The third-order valence-corrected chi connectivity index (χ3v) is 3.92. The number of hydrogen-bond donors (Lipinski definition) is 2. The van der Waals surface area contributed by atoms with E-state index in [0.29, 0.717) is 5.92 Å². The Kier molecular flexibility index (Phi) is 3.43. The second-order valence-electron chi connectivity index (χ2n) is 6.84. The molecular weight excluding hydrogens is 236 g/mol. The highest BCUT2D eigenvalue weighted by Gasteiger charge is 2.44. The first-order valence-electron chi connectivity index (χ1n) is 6.92. The van der Waals surface area contributed by atoms with Crippen molar-refractivity contribution >= 4 is 11.6 Å². The van der Waals surface area contributed by atoms with E-state index in [0.717, 1.165) is 18.5 Å². The Morgan fingerprint density at radius 1 is 1.16 bits per heavy atom. The molecule has 0 spiro atoms. The molecule has 0 aromatic heterocycles. The van der Waals surface area contributed by atoms with Crippen LogP contribution < -0.4 is 11.1 Å². The van der Waals surface area contributed by atoms with Gasteiger partial charge in [-0.3, -0.25) is 4.79 Å². The first-order valence-corrected chi connectivity index (χ1v) is 6.92. The van der Waals surface area contributed by atoms with Gasteiger partial charge in [-0.05, 0) is 48.8 Å². The van der Waals surface area contributed by atoms with Crippen LogP contribution in [0.15, 0.2) is 24.3 Å². The Hall–Kier alpha value is -1.35. The second kappa shape index (κ2) is 4.64. The number of carbonyl (C=O) groups is 1. The molecule has 1 atom stereocenters. The highest BCUT2D eigenvalue weighted by atomic mass is 16.2. The summed E-state index contributed by atoms with van der Waals surface area (Å²) in [6.07, 6.45) is 2.12. The minimum absolute atomic E-state index is 0.0847. The predicted octanol–water partition coefficient (Wildman–Crippen LogP) is 3.05. The molecule has 19 heavy (non-hydrogen) atoms. The minimum atomic E-state index is -0.747. The molecule has 0 radical (unpaired) electrons. The minimum Gasteiger partial charge on any atom is -0.324 e. The fourth-order valence-corrected chi connectivity index (χ4v) is 2.19. The Balaban J connectivity index is 2.05. The van der Waals surface area contributed by atoms with Crippen molar-refractivity contribution in [3.63, 3.8) is 0 Å². The van der Waals surface area contributed by atoms with Gasteiger partial charge in [0.25, 0.3) is 0 Å². The molecule has 1 saturated carbocycles. The van der Waals surface area contributed by atoms with Gasteiger partial charge in [-0.15, -0.1) is 0 Å². The smallest absolute Gasteiger partial charge is 0.244 e. The molecule has 1 fully saturated rings. The molecule has 3 N–H and O–H groups in total. The summed E-state index contributed by atoms with van der Waals surface area (Å²) in [4.78, 5) is 12.2. The number of nitrogens with one attached hydrogen (secondary N) is 1. The van der Waals surface area contributed by atoms with Gasteiger partial charge < -0.3 is 11.1 Å². The quantitative estimate of drug-likeness (QED) is 0.877. The molecule has 1 unspecified atom stereocenters. The summed E-state index contributed by atoms with van der Waals surface area (Å²) < 4.78 is 0. The number of nitrogens with two attached hydrogens (primary N) is 1. The van der Waals surface area contributed by atoms with Crippen LogP contribution in [0.5, 0.6) is 0 Å². The maximum atomic E-state index is 12.2. The summed E-state index contributed by atoms with van der Waals surface area (Å²) in [6, 6.07) is 8.00. The standard InChI is InChI=1S/C16H24N2O/c1-15(2,3)11-7-9-13(10-8-11)18-14(19)16(4,17)12-5-6-12/h7-10,12H,5-6,17H2,1-4H3,(H,18,19). The number of benzene rings is 1. The van der Waals surface area contributed by atoms with E-state index in [2.05, 4.69) is 38.2 Å². The highest BCUT2D eigenvalue weighted by molar-refractivity contribution is 5.98. The summed E-state index contributed by atoms with van der Waals surface area (Å²) >= 11 is 0. The van der Waals surface area contributed by atoms with Crippen LogP contribution >= 0.6 is 0 Å². The molecule has 1 aliphatic carbocycles. The van der Waals surface area contributed by atoms with Crippen molar-refractivity contribution in [3.8, 4) is 0 Å². The van der Waals surface area contributed by atoms with Crippen LogP contribution in [0.2, 0.25) is 0 Å². The first kappa shape index (κ1) is 14.1. The predicted molar refractivity (Wildman–Crippen MR) is 79.1 cm³/mol. The van der Waals surface area contributed by atoms with Crippen LogP contribution in [-0.2, 0) is 10.2 Å². The van der Waals surface area contributed by atoms with Crippen LogP contribution in [0.25, 0.3) is 0 Å². The Morgan fingerprint density at radius 3 is 2.11 bits per heavy atom. The fraction of sp³-hybridized carbons (Fsp3) is 0.562. The number of anilines is 1. The molecule has 0 heterocycles. The molecule has 3 heteroatoms. The molecule has 1 aromatic rings. The van der Waals surface area contributed by atoms with Crippen molar-refractivity contribution in [3.05, 3.63) is 29.8 Å². The molecule has 1 aliphatic rings. The SMILES string of the molecule is CC(C)(C)c1ccc(NC(=O)C(C)(N)C2CC2)cc1. The second-order valence-corrected chi connectivity index (χ2v) is 6.84. The van der Waals surface area contributed by atoms with Crippen molar-refractivity contribution in [2.75, 3.05) is 5.32 Å². The Bertz CT molecular complexity index is 465.